The van der Waals surface area contributed by atoms with Crippen molar-refractivity contribution in [1.82, 2.24) is 0 Å². The molecule has 0 aliphatic rings. The lowest BCUT2D eigenvalue weighted by Gasteiger charge is -2.07. The van der Waals surface area contributed by atoms with Crippen LogP contribution in [0.2, 0.25) is 0 Å². The summed E-state index contributed by atoms with van der Waals surface area (Å²) < 4.78 is 11.6. The van der Waals surface area contributed by atoms with Crippen LogP contribution >= 0.6 is 11.3 Å². The molecule has 3 rings (SSSR count). The van der Waals surface area contributed by atoms with Gasteiger partial charge in [0.05, 0.1) is 13.7 Å². The third-order valence-corrected chi connectivity index (χ3v) is 4.63. The molecule has 1 heterocycles. The maximum Gasteiger partial charge on any atom is 0.305 e. The summed E-state index contributed by atoms with van der Waals surface area (Å²) in [6, 6.07) is 16.5. The van der Waals surface area contributed by atoms with Crippen LogP contribution in [0.1, 0.15) is 12.8 Å². The minimum absolute atomic E-state index is 0.201. The number of ether oxygens (including phenoxy) is 2. The van der Waals surface area contributed by atoms with E-state index in [1.54, 1.807) is 11.3 Å². The average Bonchev–Trinajstić information content (AvgIpc) is 3.03. The summed E-state index contributed by atoms with van der Waals surface area (Å²) in [5, 5.41) is 3.47. The van der Waals surface area contributed by atoms with E-state index in [1.807, 2.05) is 12.1 Å². The number of carbonyl (C=O) groups excluding carboxylic acids is 1. The van der Waals surface area contributed by atoms with Crippen molar-refractivity contribution >= 4 is 27.4 Å². The third-order valence-electron chi connectivity index (χ3n) is 3.67. The molecule has 0 saturated carbocycles. The van der Waals surface area contributed by atoms with Gasteiger partial charge in [0.15, 0.2) is 0 Å². The summed E-state index contributed by atoms with van der Waals surface area (Å²) >= 11 is 1.76. The van der Waals surface area contributed by atoms with Crippen LogP contribution in [-0.4, -0.2) is 19.7 Å². The van der Waals surface area contributed by atoms with Gasteiger partial charge in [0.25, 0.3) is 0 Å². The largest absolute Gasteiger partial charge is 0.494 e. The highest BCUT2D eigenvalue weighted by atomic mass is 32.1. The molecule has 1 aromatic heterocycles. The normalized spacial score (nSPS) is 10.7. The van der Waals surface area contributed by atoms with E-state index >= 15 is 0 Å². The maximum atomic E-state index is 11.0. The molecular formula is C19H18O3S. The lowest BCUT2D eigenvalue weighted by Crippen LogP contribution is -2.04. The second-order valence-corrected chi connectivity index (χ2v) is 6.11. The molecule has 0 amide bonds. The molecule has 0 saturated heterocycles. The van der Waals surface area contributed by atoms with Gasteiger partial charge in [-0.2, -0.15) is 0 Å². The molecule has 3 aromatic rings. The monoisotopic (exact) mass is 326 g/mol. The zero-order valence-electron chi connectivity index (χ0n) is 13.0. The van der Waals surface area contributed by atoms with E-state index in [4.69, 9.17) is 4.74 Å². The van der Waals surface area contributed by atoms with Gasteiger partial charge in [0.2, 0.25) is 0 Å². The highest BCUT2D eigenvalue weighted by molar-refractivity contribution is 7.17. The highest BCUT2D eigenvalue weighted by Crippen LogP contribution is 2.34. The van der Waals surface area contributed by atoms with Crippen molar-refractivity contribution in [3.8, 4) is 16.9 Å². The summed E-state index contributed by atoms with van der Waals surface area (Å²) in [6.45, 7) is 0.510. The number of methoxy groups -OCH3 is 1. The first-order valence-electron chi connectivity index (χ1n) is 7.54. The van der Waals surface area contributed by atoms with Crippen molar-refractivity contribution in [2.75, 3.05) is 13.7 Å². The van der Waals surface area contributed by atoms with E-state index in [9.17, 15) is 4.79 Å². The molecule has 0 unspecified atom stereocenters. The van der Waals surface area contributed by atoms with E-state index in [0.717, 1.165) is 5.75 Å². The van der Waals surface area contributed by atoms with Gasteiger partial charge in [-0.3, -0.25) is 4.79 Å². The molecule has 118 valence electrons. The number of carbonyl (C=O) groups is 1. The first-order valence-corrected chi connectivity index (χ1v) is 8.42. The van der Waals surface area contributed by atoms with Crippen molar-refractivity contribution in [2.24, 2.45) is 0 Å². The fraction of sp³-hybridized carbons (Fsp3) is 0.211. The molecule has 0 radical (unpaired) electrons. The zero-order chi connectivity index (χ0) is 16.1. The Morgan fingerprint density at radius 1 is 1.09 bits per heavy atom. The summed E-state index contributed by atoms with van der Waals surface area (Å²) in [5.74, 6) is 0.617. The standard InChI is InChI=1S/C19H18O3S/c1-21-19(20)7-4-12-22-15-10-8-14(9-11-15)17-13-23-18-6-3-2-5-16(17)18/h2-3,5-6,8-11,13H,4,7,12H2,1H3. The molecule has 4 heteroatoms. The molecule has 0 bridgehead atoms. The van der Waals surface area contributed by atoms with Crippen molar-refractivity contribution < 1.29 is 14.3 Å². The summed E-state index contributed by atoms with van der Waals surface area (Å²) in [7, 11) is 1.40. The Labute approximate surface area is 139 Å². The Morgan fingerprint density at radius 3 is 2.65 bits per heavy atom. The number of thiophene rings is 1. The molecule has 3 nitrogen and oxygen atoms in total. The smallest absolute Gasteiger partial charge is 0.305 e. The topological polar surface area (TPSA) is 35.5 Å². The second kappa shape index (κ2) is 7.29. The molecule has 0 aliphatic carbocycles. The Kier molecular flexibility index (Phi) is 4.93. The molecule has 23 heavy (non-hydrogen) atoms. The minimum Gasteiger partial charge on any atom is -0.494 e. The number of hydrogen-bond donors (Lipinski definition) is 0. The number of fused-ring (bicyclic) bond motifs is 1. The molecule has 0 aliphatic heterocycles. The highest BCUT2D eigenvalue weighted by Gasteiger charge is 2.06. The predicted molar refractivity (Wildman–Crippen MR) is 94.0 cm³/mol. The summed E-state index contributed by atoms with van der Waals surface area (Å²) in [6.07, 6.45) is 1.04. The lowest BCUT2D eigenvalue weighted by molar-refractivity contribution is -0.140. The molecule has 0 fully saturated rings. The maximum absolute atomic E-state index is 11.0. The Hall–Kier alpha value is -2.33. The lowest BCUT2D eigenvalue weighted by atomic mass is 10.0. The number of rotatable bonds is 6. The van der Waals surface area contributed by atoms with Gasteiger partial charge in [0.1, 0.15) is 5.75 Å². The molecule has 0 atom stereocenters. The van der Waals surface area contributed by atoms with Crippen LogP contribution in [0.15, 0.2) is 53.9 Å². The SMILES string of the molecule is COC(=O)CCCOc1ccc(-c2csc3ccccc23)cc1. The summed E-state index contributed by atoms with van der Waals surface area (Å²) in [4.78, 5) is 11.0. The predicted octanol–water partition coefficient (Wildman–Crippen LogP) is 4.90. The van der Waals surface area contributed by atoms with Gasteiger partial charge in [0, 0.05) is 22.1 Å². The van der Waals surface area contributed by atoms with Gasteiger partial charge in [-0.1, -0.05) is 30.3 Å². The van der Waals surface area contributed by atoms with E-state index in [0.29, 0.717) is 19.4 Å². The summed E-state index contributed by atoms with van der Waals surface area (Å²) in [5.41, 5.74) is 2.44. The zero-order valence-corrected chi connectivity index (χ0v) is 13.8. The van der Waals surface area contributed by atoms with Crippen molar-refractivity contribution in [3.05, 3.63) is 53.9 Å². The van der Waals surface area contributed by atoms with Gasteiger partial charge in [-0.15, -0.1) is 11.3 Å². The fourth-order valence-electron chi connectivity index (χ4n) is 2.44. The van der Waals surface area contributed by atoms with E-state index in [-0.39, 0.29) is 5.97 Å². The molecule has 0 N–H and O–H groups in total. The fourth-order valence-corrected chi connectivity index (χ4v) is 3.41. The Balaban J connectivity index is 1.64. The van der Waals surface area contributed by atoms with Crippen LogP contribution in [0, 0.1) is 0 Å². The number of benzene rings is 2. The Morgan fingerprint density at radius 2 is 1.87 bits per heavy atom. The van der Waals surface area contributed by atoms with Crippen LogP contribution in [0.25, 0.3) is 21.2 Å². The van der Waals surface area contributed by atoms with Crippen LogP contribution in [0.3, 0.4) is 0 Å². The van der Waals surface area contributed by atoms with Gasteiger partial charge in [-0.25, -0.2) is 0 Å². The van der Waals surface area contributed by atoms with E-state index < -0.39 is 0 Å². The number of hydrogen-bond acceptors (Lipinski definition) is 4. The quantitative estimate of drug-likeness (QED) is 0.477. The third kappa shape index (κ3) is 3.71. The van der Waals surface area contributed by atoms with Crippen molar-refractivity contribution in [2.45, 2.75) is 12.8 Å². The molecule has 0 spiro atoms. The van der Waals surface area contributed by atoms with Crippen LogP contribution in [0.4, 0.5) is 0 Å². The van der Waals surface area contributed by atoms with Crippen molar-refractivity contribution in [3.63, 3.8) is 0 Å². The van der Waals surface area contributed by atoms with Crippen molar-refractivity contribution in [1.29, 1.82) is 0 Å². The van der Waals surface area contributed by atoms with Crippen LogP contribution < -0.4 is 4.74 Å². The van der Waals surface area contributed by atoms with Gasteiger partial charge in [-0.05, 0) is 35.6 Å². The molecule has 2 aromatic carbocycles. The number of esters is 1. The minimum atomic E-state index is -0.201. The Bertz CT molecular complexity index is 790. The molecular weight excluding hydrogens is 308 g/mol. The van der Waals surface area contributed by atoms with Crippen LogP contribution in [-0.2, 0) is 9.53 Å². The first-order chi connectivity index (χ1) is 11.3. The first kappa shape index (κ1) is 15.6. The average molecular weight is 326 g/mol. The van der Waals surface area contributed by atoms with Gasteiger partial charge < -0.3 is 9.47 Å². The van der Waals surface area contributed by atoms with Crippen LogP contribution in [0.5, 0.6) is 5.75 Å². The van der Waals surface area contributed by atoms with E-state index in [2.05, 4.69) is 46.5 Å². The second-order valence-electron chi connectivity index (χ2n) is 5.20. The van der Waals surface area contributed by atoms with E-state index in [1.165, 1.54) is 28.3 Å². The van der Waals surface area contributed by atoms with Gasteiger partial charge >= 0.3 is 5.97 Å².